The predicted molar refractivity (Wildman–Crippen MR) is 105 cm³/mol. The molecule has 0 radical (unpaired) electrons. The summed E-state index contributed by atoms with van der Waals surface area (Å²) in [5.41, 5.74) is 1.67. The smallest absolute Gasteiger partial charge is 0.266 e. The largest absolute Gasteiger partial charge is 0.299 e. The van der Waals surface area contributed by atoms with Crippen LogP contribution in [-0.2, 0) is 13.1 Å². The summed E-state index contributed by atoms with van der Waals surface area (Å²) in [6.45, 7) is 6.04. The molecule has 1 aliphatic rings. The van der Waals surface area contributed by atoms with Gasteiger partial charge >= 0.3 is 0 Å². The van der Waals surface area contributed by atoms with Gasteiger partial charge in [0.25, 0.3) is 5.56 Å². The number of nitrogens with zero attached hydrogens (tertiary/aromatic N) is 7. The Labute approximate surface area is 163 Å². The lowest BCUT2D eigenvalue weighted by molar-refractivity contribution is 0.120. The van der Waals surface area contributed by atoms with E-state index in [4.69, 9.17) is 0 Å². The molecule has 4 rings (SSSR count). The third kappa shape index (κ3) is 4.65. The van der Waals surface area contributed by atoms with Gasteiger partial charge in [0.2, 0.25) is 0 Å². The molecule has 0 N–H and O–H groups in total. The number of piperazine rings is 1. The highest BCUT2D eigenvalue weighted by atomic mass is 16.1. The molecule has 1 aliphatic heterocycles. The summed E-state index contributed by atoms with van der Waals surface area (Å²) in [4.78, 5) is 29.5. The summed E-state index contributed by atoms with van der Waals surface area (Å²) in [5.74, 6) is 0.861. The summed E-state index contributed by atoms with van der Waals surface area (Å²) >= 11 is 0. The minimum absolute atomic E-state index is 0.0716. The monoisotopic (exact) mass is 377 g/mol. The van der Waals surface area contributed by atoms with Crippen molar-refractivity contribution in [1.29, 1.82) is 0 Å². The second-order valence-electron chi connectivity index (χ2n) is 6.80. The SMILES string of the molecule is O=c1ccc(-c2ccncc2)nn1CCN1CCN(Cc2ncccn2)CC1. The summed E-state index contributed by atoms with van der Waals surface area (Å²) in [6.07, 6.45) is 7.02. The Bertz CT molecular complexity index is 938. The quantitative estimate of drug-likeness (QED) is 0.632. The van der Waals surface area contributed by atoms with Crippen LogP contribution in [0.1, 0.15) is 5.82 Å². The molecule has 0 aliphatic carbocycles. The number of rotatable bonds is 6. The van der Waals surface area contributed by atoms with Gasteiger partial charge in [0.15, 0.2) is 0 Å². The molecular formula is C20H23N7O. The lowest BCUT2D eigenvalue weighted by Gasteiger charge is -2.34. The van der Waals surface area contributed by atoms with E-state index in [-0.39, 0.29) is 5.56 Å². The van der Waals surface area contributed by atoms with Crippen molar-refractivity contribution >= 4 is 0 Å². The maximum absolute atomic E-state index is 12.2. The lowest BCUT2D eigenvalue weighted by Crippen LogP contribution is -2.47. The first kappa shape index (κ1) is 18.4. The summed E-state index contributed by atoms with van der Waals surface area (Å²) in [5, 5.41) is 4.52. The Kier molecular flexibility index (Phi) is 5.79. The van der Waals surface area contributed by atoms with Crippen molar-refractivity contribution in [1.82, 2.24) is 34.5 Å². The zero-order valence-electron chi connectivity index (χ0n) is 15.7. The highest BCUT2D eigenvalue weighted by Gasteiger charge is 2.17. The molecular weight excluding hydrogens is 354 g/mol. The van der Waals surface area contributed by atoms with Crippen LogP contribution in [0.4, 0.5) is 0 Å². The number of aromatic nitrogens is 5. The number of hydrogen-bond donors (Lipinski definition) is 0. The molecule has 28 heavy (non-hydrogen) atoms. The van der Waals surface area contributed by atoms with Gasteiger partial charge < -0.3 is 0 Å². The number of hydrogen-bond acceptors (Lipinski definition) is 7. The van der Waals surface area contributed by atoms with E-state index in [0.29, 0.717) is 6.54 Å². The van der Waals surface area contributed by atoms with Crippen LogP contribution >= 0.6 is 0 Å². The molecule has 0 spiro atoms. The van der Waals surface area contributed by atoms with Gasteiger partial charge in [0, 0.05) is 69.1 Å². The molecule has 1 fully saturated rings. The van der Waals surface area contributed by atoms with Crippen LogP contribution in [0, 0.1) is 0 Å². The average Bonchev–Trinajstić information content (AvgIpc) is 2.75. The van der Waals surface area contributed by atoms with E-state index in [1.165, 1.54) is 0 Å². The third-order valence-corrected chi connectivity index (χ3v) is 4.92. The van der Waals surface area contributed by atoms with E-state index in [1.807, 2.05) is 18.2 Å². The summed E-state index contributed by atoms with van der Waals surface area (Å²) < 4.78 is 1.56. The van der Waals surface area contributed by atoms with Crippen LogP contribution < -0.4 is 5.56 Å². The second-order valence-corrected chi connectivity index (χ2v) is 6.80. The maximum atomic E-state index is 12.2. The molecule has 3 aromatic rings. The van der Waals surface area contributed by atoms with Gasteiger partial charge in [-0.3, -0.25) is 19.6 Å². The topological polar surface area (TPSA) is 80.0 Å². The van der Waals surface area contributed by atoms with Crippen molar-refractivity contribution in [3.05, 3.63) is 71.3 Å². The van der Waals surface area contributed by atoms with Gasteiger partial charge in [0.05, 0.1) is 18.8 Å². The molecule has 0 bridgehead atoms. The van der Waals surface area contributed by atoms with Crippen molar-refractivity contribution < 1.29 is 0 Å². The van der Waals surface area contributed by atoms with E-state index < -0.39 is 0 Å². The minimum Gasteiger partial charge on any atom is -0.299 e. The minimum atomic E-state index is -0.0716. The summed E-state index contributed by atoms with van der Waals surface area (Å²) in [6, 6.07) is 8.97. The maximum Gasteiger partial charge on any atom is 0.266 e. The van der Waals surface area contributed by atoms with Gasteiger partial charge in [-0.1, -0.05) is 0 Å². The molecule has 3 aromatic heterocycles. The van der Waals surface area contributed by atoms with E-state index in [0.717, 1.165) is 56.4 Å². The number of pyridine rings is 1. The Morgan fingerprint density at radius 1 is 0.821 bits per heavy atom. The Hall–Kier alpha value is -2.97. The highest BCUT2D eigenvalue weighted by Crippen LogP contribution is 2.13. The molecule has 144 valence electrons. The molecule has 1 saturated heterocycles. The fraction of sp³-hybridized carbons (Fsp3) is 0.350. The van der Waals surface area contributed by atoms with E-state index in [9.17, 15) is 4.79 Å². The highest BCUT2D eigenvalue weighted by molar-refractivity contribution is 5.56. The van der Waals surface area contributed by atoms with Crippen LogP contribution in [0.5, 0.6) is 0 Å². The van der Waals surface area contributed by atoms with Crippen LogP contribution in [0.15, 0.2) is 59.9 Å². The molecule has 0 saturated carbocycles. The molecule has 8 heteroatoms. The van der Waals surface area contributed by atoms with Crippen molar-refractivity contribution in [2.24, 2.45) is 0 Å². The van der Waals surface area contributed by atoms with Gasteiger partial charge in [0.1, 0.15) is 5.82 Å². The van der Waals surface area contributed by atoms with Crippen molar-refractivity contribution in [2.45, 2.75) is 13.1 Å². The van der Waals surface area contributed by atoms with Gasteiger partial charge in [-0.25, -0.2) is 14.6 Å². The summed E-state index contributed by atoms with van der Waals surface area (Å²) in [7, 11) is 0. The van der Waals surface area contributed by atoms with Crippen LogP contribution in [0.25, 0.3) is 11.3 Å². The zero-order chi connectivity index (χ0) is 19.2. The predicted octanol–water partition coefficient (Wildman–Crippen LogP) is 0.913. The van der Waals surface area contributed by atoms with Gasteiger partial charge in [-0.15, -0.1) is 0 Å². The molecule has 0 aromatic carbocycles. The van der Waals surface area contributed by atoms with E-state index >= 15 is 0 Å². The van der Waals surface area contributed by atoms with Gasteiger partial charge in [-0.05, 0) is 24.3 Å². The lowest BCUT2D eigenvalue weighted by atomic mass is 10.2. The molecule has 4 heterocycles. The van der Waals surface area contributed by atoms with Crippen molar-refractivity contribution in [3.63, 3.8) is 0 Å². The fourth-order valence-corrected chi connectivity index (χ4v) is 3.30. The first-order valence-electron chi connectivity index (χ1n) is 9.47. The van der Waals surface area contributed by atoms with E-state index in [2.05, 4.69) is 29.9 Å². The van der Waals surface area contributed by atoms with Crippen molar-refractivity contribution in [3.8, 4) is 11.3 Å². The van der Waals surface area contributed by atoms with Crippen LogP contribution in [0.2, 0.25) is 0 Å². The fourth-order valence-electron chi connectivity index (χ4n) is 3.30. The third-order valence-electron chi connectivity index (χ3n) is 4.92. The Morgan fingerprint density at radius 3 is 2.29 bits per heavy atom. The first-order chi connectivity index (χ1) is 13.8. The van der Waals surface area contributed by atoms with E-state index in [1.54, 1.807) is 41.6 Å². The Morgan fingerprint density at radius 2 is 1.54 bits per heavy atom. The van der Waals surface area contributed by atoms with Gasteiger partial charge in [-0.2, -0.15) is 5.10 Å². The zero-order valence-corrected chi connectivity index (χ0v) is 15.7. The molecule has 8 nitrogen and oxygen atoms in total. The normalized spacial score (nSPS) is 15.6. The molecule has 0 atom stereocenters. The molecule has 0 unspecified atom stereocenters. The Balaban J connectivity index is 1.31. The average molecular weight is 377 g/mol. The van der Waals surface area contributed by atoms with Crippen LogP contribution in [0.3, 0.4) is 0 Å². The first-order valence-corrected chi connectivity index (χ1v) is 9.47. The standard InChI is InChI=1S/C20H23N7O/c28-20-3-2-18(17-4-8-21-9-5-17)24-27(20)15-14-25-10-12-26(13-11-25)16-19-22-6-1-7-23-19/h1-9H,10-16H2. The van der Waals surface area contributed by atoms with Crippen LogP contribution in [-0.4, -0.2) is 67.3 Å². The molecule has 0 amide bonds. The van der Waals surface area contributed by atoms with Crippen molar-refractivity contribution in [2.75, 3.05) is 32.7 Å². The second kappa shape index (κ2) is 8.81.